The van der Waals surface area contributed by atoms with Crippen LogP contribution in [0, 0.1) is 28.6 Å². The fourth-order valence-electron chi connectivity index (χ4n) is 6.65. The summed E-state index contributed by atoms with van der Waals surface area (Å²) in [5, 5.41) is 31.3. The molecule has 4 aliphatic rings. The van der Waals surface area contributed by atoms with Crippen molar-refractivity contribution in [1.82, 2.24) is 0 Å². The van der Waals surface area contributed by atoms with Gasteiger partial charge in [0.15, 0.2) is 0 Å². The summed E-state index contributed by atoms with van der Waals surface area (Å²) < 4.78 is 0. The Hall–Kier alpha value is -0.380. The van der Waals surface area contributed by atoms with Crippen molar-refractivity contribution in [2.45, 2.75) is 77.1 Å². The van der Waals surface area contributed by atoms with Gasteiger partial charge in [-0.3, -0.25) is 0 Å². The van der Waals surface area contributed by atoms with Crippen LogP contribution >= 0.6 is 0 Å². The number of fused-ring (bicyclic) bond motifs is 5. The van der Waals surface area contributed by atoms with Crippen LogP contribution in [0.3, 0.4) is 0 Å². The third kappa shape index (κ3) is 1.85. The van der Waals surface area contributed by atoms with E-state index < -0.39 is 0 Å². The highest BCUT2D eigenvalue weighted by atomic mass is 16.3. The zero-order valence-corrected chi connectivity index (χ0v) is 13.8. The second-order valence-corrected chi connectivity index (χ2v) is 8.91. The smallest absolute Gasteiger partial charge is 0.0724 e. The molecule has 0 aromatic rings. The molecule has 0 unspecified atom stereocenters. The minimum atomic E-state index is -0.325. The first-order valence-electron chi connectivity index (χ1n) is 9.11. The molecule has 0 bridgehead atoms. The lowest BCUT2D eigenvalue weighted by Gasteiger charge is -2.59. The maximum atomic E-state index is 10.9. The van der Waals surface area contributed by atoms with Crippen molar-refractivity contribution < 1.29 is 15.3 Å². The van der Waals surface area contributed by atoms with Gasteiger partial charge >= 0.3 is 0 Å². The van der Waals surface area contributed by atoms with Gasteiger partial charge in [-0.25, -0.2) is 0 Å². The molecule has 3 N–H and O–H groups in total. The molecule has 0 spiro atoms. The first-order valence-corrected chi connectivity index (χ1v) is 9.11. The van der Waals surface area contributed by atoms with E-state index in [1.54, 1.807) is 0 Å². The lowest BCUT2D eigenvalue weighted by Crippen LogP contribution is -2.56. The molecule has 0 amide bonds. The van der Waals surface area contributed by atoms with Gasteiger partial charge in [0.2, 0.25) is 0 Å². The van der Waals surface area contributed by atoms with Gasteiger partial charge in [-0.15, -0.1) is 0 Å². The van der Waals surface area contributed by atoms with Crippen molar-refractivity contribution in [3.63, 3.8) is 0 Å². The van der Waals surface area contributed by atoms with Crippen LogP contribution in [-0.4, -0.2) is 33.6 Å². The molecule has 3 saturated carbocycles. The van der Waals surface area contributed by atoms with Crippen LogP contribution < -0.4 is 0 Å². The van der Waals surface area contributed by atoms with Crippen molar-refractivity contribution in [2.24, 2.45) is 28.6 Å². The molecular formula is C19H30O3. The van der Waals surface area contributed by atoms with E-state index in [-0.39, 0.29) is 29.1 Å². The van der Waals surface area contributed by atoms with Gasteiger partial charge in [0.25, 0.3) is 0 Å². The molecule has 22 heavy (non-hydrogen) atoms. The Morgan fingerprint density at radius 1 is 0.955 bits per heavy atom. The van der Waals surface area contributed by atoms with Crippen LogP contribution in [0.25, 0.3) is 0 Å². The molecule has 3 nitrogen and oxygen atoms in total. The lowest BCUT2D eigenvalue weighted by atomic mass is 9.46. The van der Waals surface area contributed by atoms with E-state index in [1.807, 2.05) is 6.08 Å². The largest absolute Gasteiger partial charge is 0.393 e. The molecule has 0 aliphatic heterocycles. The minimum Gasteiger partial charge on any atom is -0.393 e. The van der Waals surface area contributed by atoms with Crippen LogP contribution in [0.1, 0.15) is 58.8 Å². The van der Waals surface area contributed by atoms with Crippen molar-refractivity contribution in [2.75, 3.05) is 0 Å². The topological polar surface area (TPSA) is 60.7 Å². The van der Waals surface area contributed by atoms with E-state index >= 15 is 0 Å². The minimum absolute atomic E-state index is 0.00784. The van der Waals surface area contributed by atoms with Gasteiger partial charge in [0.05, 0.1) is 18.3 Å². The third-order valence-corrected chi connectivity index (χ3v) is 8.06. The molecule has 0 heterocycles. The average Bonchev–Trinajstić information content (AvgIpc) is 2.77. The van der Waals surface area contributed by atoms with Crippen LogP contribution in [0.2, 0.25) is 0 Å². The molecule has 0 aromatic heterocycles. The van der Waals surface area contributed by atoms with Gasteiger partial charge in [-0.1, -0.05) is 25.5 Å². The zero-order chi connectivity index (χ0) is 15.7. The van der Waals surface area contributed by atoms with Gasteiger partial charge in [-0.2, -0.15) is 0 Å². The predicted molar refractivity (Wildman–Crippen MR) is 85.1 cm³/mol. The van der Waals surface area contributed by atoms with Crippen molar-refractivity contribution in [1.29, 1.82) is 0 Å². The summed E-state index contributed by atoms with van der Waals surface area (Å²) in [5.41, 5.74) is 1.45. The maximum absolute atomic E-state index is 10.9. The molecular weight excluding hydrogens is 276 g/mol. The van der Waals surface area contributed by atoms with Gasteiger partial charge in [-0.05, 0) is 73.5 Å². The second kappa shape index (κ2) is 4.81. The molecule has 0 radical (unpaired) electrons. The Morgan fingerprint density at radius 3 is 2.50 bits per heavy atom. The number of hydrogen-bond donors (Lipinski definition) is 3. The number of aliphatic hydroxyl groups is 3. The normalized spacial score (nSPS) is 57.6. The van der Waals surface area contributed by atoms with E-state index in [2.05, 4.69) is 13.8 Å². The molecule has 0 aromatic carbocycles. The van der Waals surface area contributed by atoms with Gasteiger partial charge < -0.3 is 15.3 Å². The summed E-state index contributed by atoms with van der Waals surface area (Å²) in [5.74, 6) is 1.30. The summed E-state index contributed by atoms with van der Waals surface area (Å²) in [7, 11) is 0. The molecule has 124 valence electrons. The molecule has 0 saturated heterocycles. The van der Waals surface area contributed by atoms with Crippen molar-refractivity contribution in [3.8, 4) is 0 Å². The Morgan fingerprint density at radius 2 is 1.73 bits per heavy atom. The Labute approximate surface area is 133 Å². The Bertz CT molecular complexity index is 501. The third-order valence-electron chi connectivity index (χ3n) is 8.06. The Balaban J connectivity index is 1.72. The fraction of sp³-hybridized carbons (Fsp3) is 0.895. The van der Waals surface area contributed by atoms with Crippen molar-refractivity contribution in [3.05, 3.63) is 11.6 Å². The van der Waals surface area contributed by atoms with Crippen LogP contribution in [0.5, 0.6) is 0 Å². The first-order chi connectivity index (χ1) is 10.4. The van der Waals surface area contributed by atoms with E-state index in [9.17, 15) is 15.3 Å². The van der Waals surface area contributed by atoms with Crippen LogP contribution in [0.15, 0.2) is 11.6 Å². The highest BCUT2D eigenvalue weighted by molar-refractivity contribution is 5.27. The van der Waals surface area contributed by atoms with E-state index in [0.29, 0.717) is 17.8 Å². The van der Waals surface area contributed by atoms with Crippen molar-refractivity contribution >= 4 is 0 Å². The first kappa shape index (κ1) is 15.2. The quantitative estimate of drug-likeness (QED) is 0.603. The lowest BCUT2D eigenvalue weighted by molar-refractivity contribution is -0.121. The fourth-order valence-corrected chi connectivity index (χ4v) is 6.65. The average molecular weight is 306 g/mol. The van der Waals surface area contributed by atoms with E-state index in [0.717, 1.165) is 44.9 Å². The SMILES string of the molecule is C[C@]12CC[C@H]3[C@@H]([C@H](O)CC4=C[C@@H](O)CC[C@@]43C)[C@@H]1CC[C@H]2O. The van der Waals surface area contributed by atoms with Crippen LogP contribution in [-0.2, 0) is 0 Å². The van der Waals surface area contributed by atoms with Gasteiger partial charge in [0.1, 0.15) is 0 Å². The number of rotatable bonds is 0. The highest BCUT2D eigenvalue weighted by Gasteiger charge is 2.61. The summed E-state index contributed by atoms with van der Waals surface area (Å²) in [6.07, 6.45) is 7.97. The molecule has 3 heteroatoms. The van der Waals surface area contributed by atoms with Gasteiger partial charge in [0, 0.05) is 0 Å². The number of hydrogen-bond acceptors (Lipinski definition) is 3. The highest BCUT2D eigenvalue weighted by Crippen LogP contribution is 2.65. The predicted octanol–water partition coefficient (Wildman–Crippen LogP) is 2.64. The summed E-state index contributed by atoms with van der Waals surface area (Å²) in [6.45, 7) is 4.61. The summed E-state index contributed by atoms with van der Waals surface area (Å²) in [4.78, 5) is 0. The number of aliphatic hydroxyl groups excluding tert-OH is 3. The van der Waals surface area contributed by atoms with Crippen LogP contribution in [0.4, 0.5) is 0 Å². The molecule has 8 atom stereocenters. The van der Waals surface area contributed by atoms with E-state index in [4.69, 9.17) is 0 Å². The Kier molecular flexibility index (Phi) is 3.32. The second-order valence-electron chi connectivity index (χ2n) is 8.91. The van der Waals surface area contributed by atoms with E-state index in [1.165, 1.54) is 5.57 Å². The summed E-state index contributed by atoms with van der Waals surface area (Å²) in [6, 6.07) is 0. The molecule has 4 rings (SSSR count). The maximum Gasteiger partial charge on any atom is 0.0724 e. The molecule has 3 fully saturated rings. The zero-order valence-electron chi connectivity index (χ0n) is 13.8. The monoisotopic (exact) mass is 306 g/mol. The standard InChI is InChI=1S/C19H30O3/c1-18-7-5-12(20)9-11(18)10-15(21)17-13-3-4-16(22)19(13,2)8-6-14(17)18/h9,12-17,20-22H,3-8,10H2,1-2H3/t12-,13-,14-,15+,16+,17-,18-,19-/m0/s1. The summed E-state index contributed by atoms with van der Waals surface area (Å²) >= 11 is 0. The molecule has 4 aliphatic carbocycles.